The summed E-state index contributed by atoms with van der Waals surface area (Å²) < 4.78 is 0. The summed E-state index contributed by atoms with van der Waals surface area (Å²) in [6.45, 7) is 2.02. The first-order valence-electron chi connectivity index (χ1n) is 7.65. The average molecular weight is 304 g/mol. The third-order valence-electron chi connectivity index (χ3n) is 3.96. The number of aliphatic hydroxyl groups is 1. The smallest absolute Gasteiger partial charge is 0.135 e. The first-order valence-corrected chi connectivity index (χ1v) is 7.65. The van der Waals surface area contributed by atoms with Crippen LogP contribution >= 0.6 is 0 Å². The molecule has 1 atom stereocenters. The Labute approximate surface area is 136 Å². The highest BCUT2D eigenvalue weighted by molar-refractivity contribution is 5.62. The van der Waals surface area contributed by atoms with Crippen LogP contribution in [-0.2, 0) is 0 Å². The van der Waals surface area contributed by atoms with Crippen LogP contribution in [0.25, 0.3) is 0 Å². The zero-order chi connectivity index (χ0) is 16.2. The van der Waals surface area contributed by atoms with E-state index >= 15 is 0 Å². The molecule has 0 spiro atoms. The van der Waals surface area contributed by atoms with Crippen molar-refractivity contribution in [2.24, 2.45) is 0 Å². The number of aryl methyl sites for hydroxylation is 1. The second-order valence-corrected chi connectivity index (χ2v) is 5.62. The molecule has 0 fully saturated rings. The standard InChI is InChI=1S/C20H20N2O/c1-15-13-17(19(23)16-9-5-3-6-10-16)14-21-20(15)22(2)18-11-7-4-8-12-18/h3-14,19,23H,1-2H3. The maximum Gasteiger partial charge on any atom is 0.135 e. The number of para-hydroxylation sites is 1. The summed E-state index contributed by atoms with van der Waals surface area (Å²) in [6, 6.07) is 21.7. The van der Waals surface area contributed by atoms with E-state index < -0.39 is 6.10 Å². The molecule has 0 saturated carbocycles. The third-order valence-corrected chi connectivity index (χ3v) is 3.96. The molecule has 2 aromatic carbocycles. The molecule has 3 aromatic rings. The number of anilines is 2. The molecule has 0 bridgehead atoms. The fourth-order valence-electron chi connectivity index (χ4n) is 2.69. The van der Waals surface area contributed by atoms with Crippen LogP contribution in [0.4, 0.5) is 11.5 Å². The fraction of sp³-hybridized carbons (Fsp3) is 0.150. The molecule has 1 unspecified atom stereocenters. The second kappa shape index (κ2) is 6.63. The van der Waals surface area contributed by atoms with E-state index in [2.05, 4.69) is 4.98 Å². The van der Waals surface area contributed by atoms with Crippen molar-refractivity contribution >= 4 is 11.5 Å². The van der Waals surface area contributed by atoms with E-state index in [0.717, 1.165) is 28.2 Å². The molecule has 3 heteroatoms. The van der Waals surface area contributed by atoms with Gasteiger partial charge in [-0.15, -0.1) is 0 Å². The van der Waals surface area contributed by atoms with Crippen molar-refractivity contribution in [3.8, 4) is 0 Å². The summed E-state index contributed by atoms with van der Waals surface area (Å²) in [5.41, 5.74) is 3.79. The van der Waals surface area contributed by atoms with Crippen LogP contribution in [0.3, 0.4) is 0 Å². The van der Waals surface area contributed by atoms with E-state index in [4.69, 9.17) is 0 Å². The Kier molecular flexibility index (Phi) is 4.40. The predicted molar refractivity (Wildman–Crippen MR) is 94.0 cm³/mol. The summed E-state index contributed by atoms with van der Waals surface area (Å²) >= 11 is 0. The number of rotatable bonds is 4. The minimum absolute atomic E-state index is 0.654. The summed E-state index contributed by atoms with van der Waals surface area (Å²) in [6.07, 6.45) is 1.10. The molecule has 1 heterocycles. The first kappa shape index (κ1) is 15.3. The van der Waals surface area contributed by atoms with Gasteiger partial charge in [-0.25, -0.2) is 4.98 Å². The van der Waals surface area contributed by atoms with Gasteiger partial charge in [0.25, 0.3) is 0 Å². The lowest BCUT2D eigenvalue weighted by Gasteiger charge is -2.21. The normalized spacial score (nSPS) is 12.0. The molecule has 23 heavy (non-hydrogen) atoms. The van der Waals surface area contributed by atoms with Crippen LogP contribution in [0.5, 0.6) is 0 Å². The van der Waals surface area contributed by atoms with Gasteiger partial charge >= 0.3 is 0 Å². The zero-order valence-electron chi connectivity index (χ0n) is 13.3. The van der Waals surface area contributed by atoms with Gasteiger partial charge in [0.15, 0.2) is 0 Å². The molecule has 0 aliphatic rings. The molecule has 0 amide bonds. The Bertz CT molecular complexity index is 772. The number of benzene rings is 2. The molecule has 3 rings (SSSR count). The highest BCUT2D eigenvalue weighted by atomic mass is 16.3. The third kappa shape index (κ3) is 3.25. The van der Waals surface area contributed by atoms with Gasteiger partial charge in [-0.05, 0) is 36.2 Å². The second-order valence-electron chi connectivity index (χ2n) is 5.62. The maximum atomic E-state index is 10.5. The van der Waals surface area contributed by atoms with Crippen molar-refractivity contribution in [1.82, 2.24) is 4.98 Å². The van der Waals surface area contributed by atoms with Gasteiger partial charge in [-0.1, -0.05) is 48.5 Å². The maximum absolute atomic E-state index is 10.5. The van der Waals surface area contributed by atoms with Crippen LogP contribution in [0.15, 0.2) is 72.9 Å². The van der Waals surface area contributed by atoms with Crippen molar-refractivity contribution in [2.45, 2.75) is 13.0 Å². The summed E-state index contributed by atoms with van der Waals surface area (Å²) in [7, 11) is 2.00. The van der Waals surface area contributed by atoms with E-state index in [-0.39, 0.29) is 0 Å². The Morgan fingerprint density at radius 2 is 1.52 bits per heavy atom. The molecule has 0 aliphatic carbocycles. The predicted octanol–water partition coefficient (Wildman–Crippen LogP) is 4.24. The quantitative estimate of drug-likeness (QED) is 0.783. The number of aromatic nitrogens is 1. The van der Waals surface area contributed by atoms with Gasteiger partial charge in [-0.3, -0.25) is 0 Å². The lowest BCUT2D eigenvalue weighted by Crippen LogP contribution is -2.13. The largest absolute Gasteiger partial charge is 0.384 e. The Morgan fingerprint density at radius 1 is 0.913 bits per heavy atom. The molecule has 3 nitrogen and oxygen atoms in total. The molecular formula is C20H20N2O. The van der Waals surface area contributed by atoms with Crippen LogP contribution in [-0.4, -0.2) is 17.1 Å². The molecule has 0 radical (unpaired) electrons. The number of aliphatic hydroxyl groups excluding tert-OH is 1. The SMILES string of the molecule is Cc1cc(C(O)c2ccccc2)cnc1N(C)c1ccccc1. The minimum Gasteiger partial charge on any atom is -0.384 e. The van der Waals surface area contributed by atoms with Crippen LogP contribution < -0.4 is 4.90 Å². The number of hydrogen-bond acceptors (Lipinski definition) is 3. The molecule has 1 aromatic heterocycles. The summed E-state index contributed by atoms with van der Waals surface area (Å²) in [5, 5.41) is 10.5. The highest BCUT2D eigenvalue weighted by Gasteiger charge is 2.14. The van der Waals surface area contributed by atoms with E-state index in [1.54, 1.807) is 6.20 Å². The van der Waals surface area contributed by atoms with Gasteiger partial charge in [-0.2, -0.15) is 0 Å². The van der Waals surface area contributed by atoms with E-state index in [0.29, 0.717) is 0 Å². The molecule has 1 N–H and O–H groups in total. The number of hydrogen-bond donors (Lipinski definition) is 1. The van der Waals surface area contributed by atoms with Crippen molar-refractivity contribution in [1.29, 1.82) is 0 Å². The lowest BCUT2D eigenvalue weighted by molar-refractivity contribution is 0.220. The number of pyridine rings is 1. The van der Waals surface area contributed by atoms with Gasteiger partial charge in [0.1, 0.15) is 11.9 Å². The van der Waals surface area contributed by atoms with Crippen molar-refractivity contribution in [2.75, 3.05) is 11.9 Å². The van der Waals surface area contributed by atoms with Gasteiger partial charge in [0, 0.05) is 24.5 Å². The van der Waals surface area contributed by atoms with Gasteiger partial charge < -0.3 is 10.0 Å². The van der Waals surface area contributed by atoms with E-state index in [1.807, 2.05) is 85.6 Å². The van der Waals surface area contributed by atoms with Gasteiger partial charge in [0.05, 0.1) is 0 Å². The molecular weight excluding hydrogens is 284 g/mol. The first-order chi connectivity index (χ1) is 11.2. The van der Waals surface area contributed by atoms with Crippen LogP contribution in [0, 0.1) is 6.92 Å². The van der Waals surface area contributed by atoms with Crippen LogP contribution in [0.1, 0.15) is 22.8 Å². The van der Waals surface area contributed by atoms with E-state index in [9.17, 15) is 5.11 Å². The summed E-state index contributed by atoms with van der Waals surface area (Å²) in [4.78, 5) is 6.62. The van der Waals surface area contributed by atoms with Crippen molar-refractivity contribution in [3.05, 3.63) is 89.6 Å². The van der Waals surface area contributed by atoms with E-state index in [1.165, 1.54) is 0 Å². The zero-order valence-corrected chi connectivity index (χ0v) is 13.3. The highest BCUT2D eigenvalue weighted by Crippen LogP contribution is 2.28. The lowest BCUT2D eigenvalue weighted by atomic mass is 10.0. The minimum atomic E-state index is -0.654. The fourth-order valence-corrected chi connectivity index (χ4v) is 2.69. The molecule has 0 aliphatic heterocycles. The van der Waals surface area contributed by atoms with Crippen LogP contribution in [0.2, 0.25) is 0 Å². The molecule has 0 saturated heterocycles. The van der Waals surface area contributed by atoms with Gasteiger partial charge in [0.2, 0.25) is 0 Å². The van der Waals surface area contributed by atoms with Crippen molar-refractivity contribution < 1.29 is 5.11 Å². The molecule has 116 valence electrons. The summed E-state index contributed by atoms with van der Waals surface area (Å²) in [5.74, 6) is 0.889. The Balaban J connectivity index is 1.89. The topological polar surface area (TPSA) is 36.4 Å². The Morgan fingerprint density at radius 3 is 2.13 bits per heavy atom. The number of nitrogens with zero attached hydrogens (tertiary/aromatic N) is 2. The monoisotopic (exact) mass is 304 g/mol. The average Bonchev–Trinajstić information content (AvgIpc) is 2.62. The Hall–Kier alpha value is -2.65. The van der Waals surface area contributed by atoms with Crippen molar-refractivity contribution in [3.63, 3.8) is 0 Å².